The Morgan fingerprint density at radius 3 is 2.26 bits per heavy atom. The van der Waals surface area contributed by atoms with Crippen LogP contribution in [-0.4, -0.2) is 61.2 Å². The van der Waals surface area contributed by atoms with Crippen molar-refractivity contribution in [2.24, 2.45) is 11.8 Å². The van der Waals surface area contributed by atoms with E-state index in [1.165, 1.54) is 58.7 Å². The van der Waals surface area contributed by atoms with Crippen LogP contribution in [0, 0.1) is 11.8 Å². The third kappa shape index (κ3) is 5.05. The molecule has 0 bridgehead atoms. The maximum atomic E-state index is 3.66. The second-order valence-electron chi connectivity index (χ2n) is 7.59. The number of likely N-dealkylation sites (tertiary alicyclic amines) is 2. The summed E-state index contributed by atoms with van der Waals surface area (Å²) in [5, 5.41) is 3.66. The maximum absolute atomic E-state index is 3.66. The monoisotopic (exact) mass is 267 g/mol. The fraction of sp³-hybridized carbons (Fsp3) is 1.00. The summed E-state index contributed by atoms with van der Waals surface area (Å²) in [5.41, 5.74) is 0.264. The summed E-state index contributed by atoms with van der Waals surface area (Å²) in [5.74, 6) is 1.79. The van der Waals surface area contributed by atoms with Gasteiger partial charge in [0.05, 0.1) is 0 Å². The predicted molar refractivity (Wildman–Crippen MR) is 82.5 cm³/mol. The zero-order valence-electron chi connectivity index (χ0n) is 13.4. The molecule has 0 aromatic rings. The number of nitrogens with zero attached hydrogens (tertiary/aromatic N) is 2. The maximum Gasteiger partial charge on any atom is 0.00966 e. The minimum absolute atomic E-state index is 0.264. The Balaban J connectivity index is 1.65. The summed E-state index contributed by atoms with van der Waals surface area (Å²) >= 11 is 0. The van der Waals surface area contributed by atoms with Gasteiger partial charge in [-0.05, 0) is 71.6 Å². The zero-order chi connectivity index (χ0) is 13.9. The van der Waals surface area contributed by atoms with E-state index in [0.29, 0.717) is 0 Å². The highest BCUT2D eigenvalue weighted by Crippen LogP contribution is 2.22. The lowest BCUT2D eigenvalue weighted by Crippen LogP contribution is -2.40. The molecule has 0 saturated carbocycles. The van der Waals surface area contributed by atoms with E-state index in [9.17, 15) is 0 Å². The molecule has 2 atom stereocenters. The standard InChI is InChI=1S/C16H33N3/c1-5-18-8-7-15(12-18)13-19-9-6-14(11-19)10-17-16(2,3)4/h14-15,17H,5-13H2,1-4H3. The van der Waals surface area contributed by atoms with Crippen molar-refractivity contribution in [3.05, 3.63) is 0 Å². The van der Waals surface area contributed by atoms with Gasteiger partial charge in [-0.15, -0.1) is 0 Å². The molecule has 2 rings (SSSR count). The van der Waals surface area contributed by atoms with E-state index in [1.54, 1.807) is 0 Å². The van der Waals surface area contributed by atoms with Crippen LogP contribution in [0.25, 0.3) is 0 Å². The Morgan fingerprint density at radius 1 is 1.00 bits per heavy atom. The van der Waals surface area contributed by atoms with Gasteiger partial charge in [0.1, 0.15) is 0 Å². The molecule has 3 nitrogen and oxygen atoms in total. The van der Waals surface area contributed by atoms with Gasteiger partial charge in [0.15, 0.2) is 0 Å². The third-order valence-electron chi connectivity index (χ3n) is 4.62. The normalized spacial score (nSPS) is 30.3. The van der Waals surface area contributed by atoms with Crippen molar-refractivity contribution in [2.45, 2.75) is 46.1 Å². The Kier molecular flexibility index (Phi) is 5.27. The van der Waals surface area contributed by atoms with Crippen molar-refractivity contribution in [2.75, 3.05) is 45.8 Å². The number of rotatable bonds is 5. The average molecular weight is 267 g/mol. The van der Waals surface area contributed by atoms with Crippen molar-refractivity contribution in [1.29, 1.82) is 0 Å². The van der Waals surface area contributed by atoms with E-state index in [1.807, 2.05) is 0 Å². The Labute approximate surface area is 119 Å². The van der Waals surface area contributed by atoms with Crippen LogP contribution >= 0.6 is 0 Å². The number of nitrogens with one attached hydrogen (secondary N) is 1. The van der Waals surface area contributed by atoms with Gasteiger partial charge in [0.2, 0.25) is 0 Å². The molecule has 2 aliphatic rings. The Hall–Kier alpha value is -0.120. The predicted octanol–water partition coefficient (Wildman–Crippen LogP) is 2.04. The first kappa shape index (κ1) is 15.3. The van der Waals surface area contributed by atoms with Gasteiger partial charge in [-0.25, -0.2) is 0 Å². The van der Waals surface area contributed by atoms with Gasteiger partial charge < -0.3 is 15.1 Å². The zero-order valence-corrected chi connectivity index (χ0v) is 13.4. The molecule has 0 aliphatic carbocycles. The van der Waals surface area contributed by atoms with Gasteiger partial charge in [-0.2, -0.15) is 0 Å². The molecule has 0 radical (unpaired) electrons. The average Bonchev–Trinajstić information content (AvgIpc) is 2.95. The van der Waals surface area contributed by atoms with E-state index >= 15 is 0 Å². The molecule has 112 valence electrons. The van der Waals surface area contributed by atoms with Crippen LogP contribution in [0.15, 0.2) is 0 Å². The summed E-state index contributed by atoms with van der Waals surface area (Å²) in [6, 6.07) is 0. The summed E-state index contributed by atoms with van der Waals surface area (Å²) in [7, 11) is 0. The van der Waals surface area contributed by atoms with E-state index in [0.717, 1.165) is 11.8 Å². The molecule has 0 amide bonds. The highest BCUT2D eigenvalue weighted by atomic mass is 15.2. The smallest absolute Gasteiger partial charge is 0.00966 e. The van der Waals surface area contributed by atoms with E-state index < -0.39 is 0 Å². The van der Waals surface area contributed by atoms with E-state index in [4.69, 9.17) is 0 Å². The van der Waals surface area contributed by atoms with Crippen LogP contribution in [-0.2, 0) is 0 Å². The summed E-state index contributed by atoms with van der Waals surface area (Å²) < 4.78 is 0. The molecule has 3 heteroatoms. The molecular formula is C16H33N3. The van der Waals surface area contributed by atoms with Gasteiger partial charge in [-0.1, -0.05) is 6.92 Å². The highest BCUT2D eigenvalue weighted by Gasteiger charge is 2.28. The summed E-state index contributed by atoms with van der Waals surface area (Å²) in [6.07, 6.45) is 2.79. The first-order chi connectivity index (χ1) is 8.96. The largest absolute Gasteiger partial charge is 0.312 e. The SMILES string of the molecule is CCN1CCC(CN2CCC(CNC(C)(C)C)C2)C1. The molecule has 0 aromatic heterocycles. The van der Waals surface area contributed by atoms with Crippen molar-refractivity contribution >= 4 is 0 Å². The van der Waals surface area contributed by atoms with Crippen LogP contribution in [0.1, 0.15) is 40.5 Å². The second kappa shape index (κ2) is 6.55. The Bertz CT molecular complexity index is 272. The fourth-order valence-electron chi connectivity index (χ4n) is 3.41. The van der Waals surface area contributed by atoms with Gasteiger partial charge in [0, 0.05) is 25.2 Å². The number of hydrogen-bond acceptors (Lipinski definition) is 3. The van der Waals surface area contributed by atoms with Crippen LogP contribution in [0.3, 0.4) is 0 Å². The molecule has 2 aliphatic heterocycles. The van der Waals surface area contributed by atoms with Crippen molar-refractivity contribution < 1.29 is 0 Å². The first-order valence-electron chi connectivity index (χ1n) is 8.16. The second-order valence-corrected chi connectivity index (χ2v) is 7.59. The van der Waals surface area contributed by atoms with Crippen LogP contribution in [0.4, 0.5) is 0 Å². The molecule has 2 fully saturated rings. The highest BCUT2D eigenvalue weighted by molar-refractivity contribution is 4.84. The molecule has 2 saturated heterocycles. The third-order valence-corrected chi connectivity index (χ3v) is 4.62. The molecule has 0 aromatic carbocycles. The van der Waals surface area contributed by atoms with Gasteiger partial charge in [-0.3, -0.25) is 0 Å². The van der Waals surface area contributed by atoms with Crippen LogP contribution in [0.5, 0.6) is 0 Å². The molecule has 2 unspecified atom stereocenters. The fourth-order valence-corrected chi connectivity index (χ4v) is 3.41. The number of hydrogen-bond donors (Lipinski definition) is 1. The minimum atomic E-state index is 0.264. The summed E-state index contributed by atoms with van der Waals surface area (Å²) in [6.45, 7) is 18.1. The van der Waals surface area contributed by atoms with Crippen LogP contribution in [0.2, 0.25) is 0 Å². The quantitative estimate of drug-likeness (QED) is 0.822. The van der Waals surface area contributed by atoms with E-state index in [2.05, 4.69) is 42.8 Å². The molecule has 0 spiro atoms. The summed E-state index contributed by atoms with van der Waals surface area (Å²) in [4.78, 5) is 5.30. The molecule has 1 N–H and O–H groups in total. The lowest BCUT2D eigenvalue weighted by atomic mass is 10.1. The first-order valence-corrected chi connectivity index (χ1v) is 8.16. The van der Waals surface area contributed by atoms with Crippen molar-refractivity contribution in [3.63, 3.8) is 0 Å². The van der Waals surface area contributed by atoms with Crippen molar-refractivity contribution in [3.8, 4) is 0 Å². The van der Waals surface area contributed by atoms with Crippen molar-refractivity contribution in [1.82, 2.24) is 15.1 Å². The minimum Gasteiger partial charge on any atom is -0.312 e. The topological polar surface area (TPSA) is 18.5 Å². The molecular weight excluding hydrogens is 234 g/mol. The Morgan fingerprint density at radius 2 is 1.63 bits per heavy atom. The molecule has 19 heavy (non-hydrogen) atoms. The van der Waals surface area contributed by atoms with Gasteiger partial charge >= 0.3 is 0 Å². The molecule has 2 heterocycles. The van der Waals surface area contributed by atoms with E-state index in [-0.39, 0.29) is 5.54 Å². The van der Waals surface area contributed by atoms with Gasteiger partial charge in [0.25, 0.3) is 0 Å². The lowest BCUT2D eigenvalue weighted by molar-refractivity contribution is 0.257. The lowest BCUT2D eigenvalue weighted by Gasteiger charge is -2.24. The van der Waals surface area contributed by atoms with Crippen LogP contribution < -0.4 is 5.32 Å².